The van der Waals surface area contributed by atoms with Crippen molar-refractivity contribution in [1.82, 2.24) is 15.4 Å². The first-order valence-electron chi connectivity index (χ1n) is 10.0. The van der Waals surface area contributed by atoms with E-state index in [2.05, 4.69) is 15.4 Å². The molecule has 1 aromatic rings. The standard InChI is InChI=1S/C21H33N3O6S/c1-13(2)12-15(18(25)23-17(19(26)22-6)21(3,4)5)16(20(27)28)24-31(29,30)14-10-8-7-9-11-14/h7-11,13,15-17,24H,12H2,1-6H3,(H,22,26)(H,23,25)(H,27,28)/t15-,16+,17-/m1/s1. The molecule has 0 fully saturated rings. The van der Waals surface area contributed by atoms with Gasteiger partial charge < -0.3 is 15.7 Å². The number of amides is 2. The van der Waals surface area contributed by atoms with Gasteiger partial charge in [0.1, 0.15) is 12.1 Å². The molecule has 0 saturated carbocycles. The highest BCUT2D eigenvalue weighted by molar-refractivity contribution is 7.89. The van der Waals surface area contributed by atoms with Crippen molar-refractivity contribution in [2.45, 2.75) is 58.0 Å². The Bertz CT molecular complexity index is 878. The van der Waals surface area contributed by atoms with Crippen LogP contribution in [0.4, 0.5) is 0 Å². The molecule has 0 spiro atoms. The highest BCUT2D eigenvalue weighted by Gasteiger charge is 2.40. The minimum atomic E-state index is -4.19. The molecule has 31 heavy (non-hydrogen) atoms. The molecule has 0 bridgehead atoms. The van der Waals surface area contributed by atoms with Crippen molar-refractivity contribution in [2.75, 3.05) is 7.05 Å². The smallest absolute Gasteiger partial charge is 0.322 e. The predicted octanol–water partition coefficient (Wildman–Crippen LogP) is 1.36. The van der Waals surface area contributed by atoms with Crippen molar-refractivity contribution < 1.29 is 27.9 Å². The number of rotatable bonds is 10. The summed E-state index contributed by atoms with van der Waals surface area (Å²) in [6.07, 6.45) is 0.102. The normalized spacial score (nSPS) is 15.1. The van der Waals surface area contributed by atoms with Crippen molar-refractivity contribution in [3.05, 3.63) is 30.3 Å². The summed E-state index contributed by atoms with van der Waals surface area (Å²) in [7, 11) is -2.75. The van der Waals surface area contributed by atoms with E-state index in [0.717, 1.165) is 0 Å². The van der Waals surface area contributed by atoms with Crippen molar-refractivity contribution >= 4 is 27.8 Å². The second-order valence-electron chi connectivity index (χ2n) is 8.91. The molecule has 0 aliphatic heterocycles. The molecule has 1 aromatic carbocycles. The maximum absolute atomic E-state index is 13.1. The highest BCUT2D eigenvalue weighted by atomic mass is 32.2. The molecule has 9 nitrogen and oxygen atoms in total. The van der Waals surface area contributed by atoms with Gasteiger partial charge in [-0.05, 0) is 29.9 Å². The van der Waals surface area contributed by atoms with E-state index in [0.29, 0.717) is 0 Å². The maximum Gasteiger partial charge on any atom is 0.322 e. The molecule has 0 heterocycles. The lowest BCUT2D eigenvalue weighted by molar-refractivity contribution is -0.144. The van der Waals surface area contributed by atoms with E-state index in [-0.39, 0.29) is 17.2 Å². The van der Waals surface area contributed by atoms with Crippen molar-refractivity contribution in [1.29, 1.82) is 0 Å². The molecule has 1 rings (SSSR count). The molecule has 10 heteroatoms. The molecular formula is C21H33N3O6S. The number of likely N-dealkylation sites (N-methyl/N-ethyl adjacent to an activating group) is 1. The SMILES string of the molecule is CNC(=O)[C@@H](NC(=O)[C@H](CC(C)C)[C@H](NS(=O)(=O)c1ccccc1)C(=O)O)C(C)(C)C. The highest BCUT2D eigenvalue weighted by Crippen LogP contribution is 2.23. The largest absolute Gasteiger partial charge is 0.480 e. The molecule has 0 aromatic heterocycles. The quantitative estimate of drug-likeness (QED) is 0.420. The van der Waals surface area contributed by atoms with Gasteiger partial charge in [-0.25, -0.2) is 8.42 Å². The van der Waals surface area contributed by atoms with E-state index in [9.17, 15) is 27.9 Å². The Morgan fingerprint density at radius 1 is 1.03 bits per heavy atom. The van der Waals surface area contributed by atoms with Gasteiger partial charge in [-0.1, -0.05) is 52.8 Å². The average molecular weight is 456 g/mol. The van der Waals surface area contributed by atoms with E-state index in [4.69, 9.17) is 0 Å². The van der Waals surface area contributed by atoms with Crippen LogP contribution in [0.2, 0.25) is 0 Å². The van der Waals surface area contributed by atoms with Crippen LogP contribution in [0.1, 0.15) is 41.0 Å². The van der Waals surface area contributed by atoms with E-state index in [1.807, 2.05) is 0 Å². The summed E-state index contributed by atoms with van der Waals surface area (Å²) in [5, 5.41) is 14.9. The lowest BCUT2D eigenvalue weighted by Gasteiger charge is -2.33. The van der Waals surface area contributed by atoms with Gasteiger partial charge in [0.15, 0.2) is 0 Å². The van der Waals surface area contributed by atoms with Crippen molar-refractivity contribution in [3.63, 3.8) is 0 Å². The number of hydrogen-bond donors (Lipinski definition) is 4. The first-order valence-corrected chi connectivity index (χ1v) is 11.5. The summed E-state index contributed by atoms with van der Waals surface area (Å²) in [5.41, 5.74) is -0.652. The van der Waals surface area contributed by atoms with Crippen LogP contribution in [0.15, 0.2) is 35.2 Å². The predicted molar refractivity (Wildman–Crippen MR) is 117 cm³/mol. The molecule has 174 valence electrons. The molecule has 4 N–H and O–H groups in total. The van der Waals surface area contributed by atoms with Gasteiger partial charge >= 0.3 is 5.97 Å². The zero-order chi connectivity index (χ0) is 24.0. The monoisotopic (exact) mass is 455 g/mol. The van der Waals surface area contributed by atoms with E-state index >= 15 is 0 Å². The first kappa shape index (κ1) is 26.6. The maximum atomic E-state index is 13.1. The second kappa shape index (κ2) is 10.7. The van der Waals surface area contributed by atoms with Crippen LogP contribution in [-0.2, 0) is 24.4 Å². The number of carbonyl (C=O) groups excluding carboxylic acids is 2. The zero-order valence-electron chi connectivity index (χ0n) is 18.8. The van der Waals surface area contributed by atoms with Crippen LogP contribution in [0.3, 0.4) is 0 Å². The van der Waals surface area contributed by atoms with Gasteiger partial charge in [-0.15, -0.1) is 0 Å². The van der Waals surface area contributed by atoms with Gasteiger partial charge in [0, 0.05) is 7.05 Å². The van der Waals surface area contributed by atoms with E-state index < -0.39 is 51.2 Å². The Morgan fingerprint density at radius 2 is 1.58 bits per heavy atom. The third kappa shape index (κ3) is 7.62. The summed E-state index contributed by atoms with van der Waals surface area (Å²) < 4.78 is 27.6. The zero-order valence-corrected chi connectivity index (χ0v) is 19.6. The Morgan fingerprint density at radius 3 is 2.00 bits per heavy atom. The van der Waals surface area contributed by atoms with Crippen LogP contribution in [0, 0.1) is 17.3 Å². The average Bonchev–Trinajstić information content (AvgIpc) is 2.67. The van der Waals surface area contributed by atoms with Crippen LogP contribution in [0.25, 0.3) is 0 Å². The van der Waals surface area contributed by atoms with Crippen molar-refractivity contribution in [3.8, 4) is 0 Å². The number of hydrogen-bond acceptors (Lipinski definition) is 5. The van der Waals surface area contributed by atoms with E-state index in [1.165, 1.54) is 31.3 Å². The van der Waals surface area contributed by atoms with Crippen LogP contribution < -0.4 is 15.4 Å². The fourth-order valence-corrected chi connectivity index (χ4v) is 4.36. The Hall–Kier alpha value is -2.46. The van der Waals surface area contributed by atoms with Crippen LogP contribution >= 0.6 is 0 Å². The number of sulfonamides is 1. The third-order valence-corrected chi connectivity index (χ3v) is 6.18. The molecule has 2 amide bonds. The molecule has 0 radical (unpaired) electrons. The van der Waals surface area contributed by atoms with Gasteiger partial charge in [0.05, 0.1) is 10.8 Å². The first-order chi connectivity index (χ1) is 14.2. The number of carboxylic acids is 1. The van der Waals surface area contributed by atoms with Gasteiger partial charge in [0.25, 0.3) is 0 Å². The molecule has 0 aliphatic rings. The lowest BCUT2D eigenvalue weighted by atomic mass is 9.84. The Kier molecular flexibility index (Phi) is 9.19. The van der Waals surface area contributed by atoms with Crippen LogP contribution in [0.5, 0.6) is 0 Å². The molecule has 0 aliphatic carbocycles. The number of carbonyl (C=O) groups is 3. The van der Waals surface area contributed by atoms with Gasteiger partial charge in [0.2, 0.25) is 21.8 Å². The molecule has 0 unspecified atom stereocenters. The summed E-state index contributed by atoms with van der Waals surface area (Å²) in [5.74, 6) is -3.95. The second-order valence-corrected chi connectivity index (χ2v) is 10.6. The fourth-order valence-electron chi connectivity index (χ4n) is 3.11. The summed E-state index contributed by atoms with van der Waals surface area (Å²) in [6.45, 7) is 8.88. The van der Waals surface area contributed by atoms with E-state index in [1.54, 1.807) is 40.7 Å². The number of benzene rings is 1. The Labute approximate surface area is 184 Å². The minimum Gasteiger partial charge on any atom is -0.480 e. The van der Waals surface area contributed by atoms with Crippen molar-refractivity contribution in [2.24, 2.45) is 17.3 Å². The Balaban J connectivity index is 3.30. The summed E-state index contributed by atoms with van der Waals surface area (Å²) in [4.78, 5) is 37.4. The topological polar surface area (TPSA) is 142 Å². The molecule has 0 saturated heterocycles. The lowest BCUT2D eigenvalue weighted by Crippen LogP contribution is -2.58. The number of nitrogens with one attached hydrogen (secondary N) is 3. The summed E-state index contributed by atoms with van der Waals surface area (Å²) >= 11 is 0. The van der Waals surface area contributed by atoms with Crippen LogP contribution in [-0.4, -0.2) is 50.4 Å². The van der Waals surface area contributed by atoms with Gasteiger partial charge in [-0.2, -0.15) is 4.72 Å². The van der Waals surface area contributed by atoms with Gasteiger partial charge in [-0.3, -0.25) is 14.4 Å². The number of aliphatic carboxylic acids is 1. The fraction of sp³-hybridized carbons (Fsp3) is 0.571. The summed E-state index contributed by atoms with van der Waals surface area (Å²) in [6, 6.07) is 4.69. The number of carboxylic acid groups (broad SMARTS) is 1. The third-order valence-electron chi connectivity index (χ3n) is 4.73. The molecule has 3 atom stereocenters. The molecular weight excluding hydrogens is 422 g/mol. The minimum absolute atomic E-state index is 0.102.